The molecule has 0 unspecified atom stereocenters. The van der Waals surface area contributed by atoms with Gasteiger partial charge in [0.1, 0.15) is 11.7 Å². The summed E-state index contributed by atoms with van der Waals surface area (Å²) in [7, 11) is 0. The Hall–Kier alpha value is -2.28. The van der Waals surface area contributed by atoms with Gasteiger partial charge in [0.05, 0.1) is 24.7 Å². The van der Waals surface area contributed by atoms with E-state index in [1.807, 2.05) is 0 Å². The molecule has 1 fully saturated rings. The summed E-state index contributed by atoms with van der Waals surface area (Å²) in [6.07, 6.45) is -0.377. The van der Waals surface area contributed by atoms with Crippen LogP contribution in [-0.4, -0.2) is 41.6 Å². The molecule has 6 nitrogen and oxygen atoms in total. The van der Waals surface area contributed by atoms with Gasteiger partial charge in [0.25, 0.3) is 0 Å². The average molecular weight is 366 g/mol. The molecule has 1 N–H and O–H groups in total. The number of ketones is 1. The fourth-order valence-corrected chi connectivity index (χ4v) is 3.56. The number of carbonyl (C=O) groups is 3. The number of Topliss-reactive ketones (excluding diaryl/α,β-unsaturated/α-hetero) is 1. The van der Waals surface area contributed by atoms with Crippen molar-refractivity contribution in [3.63, 3.8) is 0 Å². The first-order valence-corrected chi connectivity index (χ1v) is 8.56. The summed E-state index contributed by atoms with van der Waals surface area (Å²) in [6, 6.07) is 5.14. The van der Waals surface area contributed by atoms with E-state index in [1.54, 1.807) is 13.8 Å². The molecule has 1 aliphatic carbocycles. The lowest BCUT2D eigenvalue weighted by Gasteiger charge is -2.43. The predicted molar refractivity (Wildman–Crippen MR) is 89.6 cm³/mol. The molecule has 7 heteroatoms. The number of carbonyl (C=O) groups excluding carboxylic acids is 3. The number of aliphatic hydroxyl groups is 1. The van der Waals surface area contributed by atoms with Gasteiger partial charge in [-0.3, -0.25) is 14.4 Å². The van der Waals surface area contributed by atoms with Crippen LogP contribution in [0.2, 0.25) is 0 Å². The predicted octanol–water partition coefficient (Wildman–Crippen LogP) is 1.99. The zero-order chi connectivity index (χ0) is 19.5. The maximum atomic E-state index is 13.3. The summed E-state index contributed by atoms with van der Waals surface area (Å²) in [5.41, 5.74) is -1.32. The van der Waals surface area contributed by atoms with Crippen LogP contribution in [-0.2, 0) is 23.9 Å². The van der Waals surface area contributed by atoms with Crippen LogP contribution in [0.25, 0.3) is 0 Å². The van der Waals surface area contributed by atoms with E-state index in [1.165, 1.54) is 31.2 Å². The first-order chi connectivity index (χ1) is 12.2. The molecule has 0 aromatic heterocycles. The Labute approximate surface area is 151 Å². The standard InChI is InChI=1S/C19H23FO6/c1-4-25-17(22)15-13(21)10-19(3,24)16(18(23)26-5-2)14(15)11-6-8-12(20)9-7-11/h6-9,14-16,24H,4-5,10H2,1-3H3/t14-,15-,16+,19-/m1/s1. The number of hydrogen-bond donors (Lipinski definition) is 1. The van der Waals surface area contributed by atoms with Gasteiger partial charge in [-0.05, 0) is 38.5 Å². The fraction of sp³-hybridized carbons (Fsp3) is 0.526. The Bertz CT molecular complexity index is 682. The van der Waals surface area contributed by atoms with Gasteiger partial charge in [0.15, 0.2) is 5.78 Å². The zero-order valence-electron chi connectivity index (χ0n) is 15.0. The zero-order valence-corrected chi connectivity index (χ0v) is 15.0. The molecule has 26 heavy (non-hydrogen) atoms. The van der Waals surface area contributed by atoms with Crippen molar-refractivity contribution in [3.8, 4) is 0 Å². The van der Waals surface area contributed by atoms with Gasteiger partial charge >= 0.3 is 11.9 Å². The van der Waals surface area contributed by atoms with E-state index in [0.29, 0.717) is 5.56 Å². The number of hydrogen-bond acceptors (Lipinski definition) is 6. The van der Waals surface area contributed by atoms with Crippen LogP contribution in [0.4, 0.5) is 4.39 Å². The quantitative estimate of drug-likeness (QED) is 0.633. The summed E-state index contributed by atoms with van der Waals surface area (Å²) in [5.74, 6) is -5.95. The second-order valence-corrected chi connectivity index (χ2v) is 6.54. The monoisotopic (exact) mass is 366 g/mol. The van der Waals surface area contributed by atoms with Crippen LogP contribution < -0.4 is 0 Å². The Morgan fingerprint density at radius 1 is 1.15 bits per heavy atom. The minimum atomic E-state index is -1.70. The normalized spacial score (nSPS) is 28.5. The highest BCUT2D eigenvalue weighted by Crippen LogP contribution is 2.46. The first-order valence-electron chi connectivity index (χ1n) is 8.56. The van der Waals surface area contributed by atoms with E-state index in [4.69, 9.17) is 9.47 Å². The summed E-state index contributed by atoms with van der Waals surface area (Å²) in [4.78, 5) is 37.6. The molecule has 2 rings (SSSR count). The van der Waals surface area contributed by atoms with E-state index in [-0.39, 0.29) is 19.6 Å². The molecule has 0 bridgehead atoms. The number of halogens is 1. The lowest BCUT2D eigenvalue weighted by molar-refractivity contribution is -0.172. The topological polar surface area (TPSA) is 89.9 Å². The van der Waals surface area contributed by atoms with Gasteiger partial charge in [-0.25, -0.2) is 4.39 Å². The molecule has 142 valence electrons. The van der Waals surface area contributed by atoms with Crippen molar-refractivity contribution in [2.24, 2.45) is 11.8 Å². The van der Waals surface area contributed by atoms with Crippen molar-refractivity contribution < 1.29 is 33.4 Å². The third kappa shape index (κ3) is 3.93. The summed E-state index contributed by atoms with van der Waals surface area (Å²) in [5, 5.41) is 10.8. The van der Waals surface area contributed by atoms with E-state index < -0.39 is 46.9 Å². The van der Waals surface area contributed by atoms with Gasteiger partial charge in [-0.2, -0.15) is 0 Å². The number of ether oxygens (including phenoxy) is 2. The van der Waals surface area contributed by atoms with E-state index in [2.05, 4.69) is 0 Å². The molecule has 4 atom stereocenters. The van der Waals surface area contributed by atoms with Crippen molar-refractivity contribution in [2.75, 3.05) is 13.2 Å². The Balaban J connectivity index is 2.59. The SMILES string of the molecule is CCOC(=O)[C@@H]1C(=O)C[C@@](C)(O)[C@H](C(=O)OCC)[C@@H]1c1ccc(F)cc1. The van der Waals surface area contributed by atoms with Crippen molar-refractivity contribution in [1.29, 1.82) is 0 Å². The minimum Gasteiger partial charge on any atom is -0.466 e. The van der Waals surface area contributed by atoms with Crippen molar-refractivity contribution in [1.82, 2.24) is 0 Å². The third-order valence-electron chi connectivity index (χ3n) is 4.60. The second kappa shape index (κ2) is 7.95. The molecule has 1 aliphatic rings. The Morgan fingerprint density at radius 3 is 2.23 bits per heavy atom. The van der Waals surface area contributed by atoms with Gasteiger partial charge in [-0.1, -0.05) is 12.1 Å². The van der Waals surface area contributed by atoms with Gasteiger partial charge < -0.3 is 14.6 Å². The first kappa shape index (κ1) is 20.0. The van der Waals surface area contributed by atoms with Gasteiger partial charge in [-0.15, -0.1) is 0 Å². The lowest BCUT2D eigenvalue weighted by atomic mass is 9.62. The van der Waals surface area contributed by atoms with E-state index >= 15 is 0 Å². The molecule has 0 heterocycles. The van der Waals surface area contributed by atoms with Crippen molar-refractivity contribution >= 4 is 17.7 Å². The minimum absolute atomic E-state index is 0.0687. The summed E-state index contributed by atoms with van der Waals surface area (Å²) >= 11 is 0. The lowest BCUT2D eigenvalue weighted by Crippen LogP contribution is -2.55. The third-order valence-corrected chi connectivity index (χ3v) is 4.60. The molecule has 0 radical (unpaired) electrons. The maximum absolute atomic E-state index is 13.3. The van der Waals surface area contributed by atoms with Crippen LogP contribution >= 0.6 is 0 Å². The second-order valence-electron chi connectivity index (χ2n) is 6.54. The van der Waals surface area contributed by atoms with Crippen LogP contribution in [0.15, 0.2) is 24.3 Å². The number of esters is 2. The Kier molecular flexibility index (Phi) is 6.13. The molecular weight excluding hydrogens is 343 g/mol. The smallest absolute Gasteiger partial charge is 0.317 e. The molecule has 1 aromatic carbocycles. The van der Waals surface area contributed by atoms with Crippen LogP contribution in [0.1, 0.15) is 38.7 Å². The Morgan fingerprint density at radius 2 is 1.69 bits per heavy atom. The van der Waals surface area contributed by atoms with Crippen LogP contribution in [0.5, 0.6) is 0 Å². The highest BCUT2D eigenvalue weighted by molar-refractivity contribution is 6.02. The van der Waals surface area contributed by atoms with Crippen LogP contribution in [0, 0.1) is 17.7 Å². The fourth-order valence-electron chi connectivity index (χ4n) is 3.56. The van der Waals surface area contributed by atoms with Crippen LogP contribution in [0.3, 0.4) is 0 Å². The van der Waals surface area contributed by atoms with Crippen molar-refractivity contribution in [3.05, 3.63) is 35.6 Å². The van der Waals surface area contributed by atoms with Gasteiger partial charge in [0.2, 0.25) is 0 Å². The largest absolute Gasteiger partial charge is 0.466 e. The molecule has 0 saturated heterocycles. The number of rotatable bonds is 5. The molecule has 0 spiro atoms. The highest BCUT2D eigenvalue weighted by Gasteiger charge is 2.57. The average Bonchev–Trinajstić information content (AvgIpc) is 2.54. The molecular formula is C19H23FO6. The van der Waals surface area contributed by atoms with Crippen molar-refractivity contribution in [2.45, 2.75) is 38.7 Å². The molecule has 1 aromatic rings. The van der Waals surface area contributed by atoms with E-state index in [9.17, 15) is 23.9 Å². The number of benzene rings is 1. The highest BCUT2D eigenvalue weighted by atomic mass is 19.1. The summed E-state index contributed by atoms with van der Waals surface area (Å²) < 4.78 is 23.4. The molecule has 0 aliphatic heterocycles. The summed E-state index contributed by atoms with van der Waals surface area (Å²) in [6.45, 7) is 4.75. The maximum Gasteiger partial charge on any atom is 0.317 e. The molecule has 0 amide bonds. The molecule has 1 saturated carbocycles. The van der Waals surface area contributed by atoms with E-state index in [0.717, 1.165) is 0 Å². The van der Waals surface area contributed by atoms with Gasteiger partial charge in [0, 0.05) is 12.3 Å².